The number of carboxylic acid groups (broad SMARTS) is 1. The van der Waals surface area contributed by atoms with Gasteiger partial charge in [0.05, 0.1) is 0 Å². The van der Waals surface area contributed by atoms with E-state index in [9.17, 15) is 4.79 Å². The Morgan fingerprint density at radius 1 is 1.46 bits per heavy atom. The molecule has 70 valence electrons. The zero-order chi connectivity index (χ0) is 9.84. The number of hydrogen-bond donors (Lipinski definition) is 1. The van der Waals surface area contributed by atoms with Crippen LogP contribution >= 0.6 is 15.9 Å². The van der Waals surface area contributed by atoms with E-state index < -0.39 is 5.97 Å². The summed E-state index contributed by atoms with van der Waals surface area (Å²) in [6.45, 7) is 2.00. The minimum atomic E-state index is -0.752. The van der Waals surface area contributed by atoms with Gasteiger partial charge in [-0.25, -0.2) is 0 Å². The Bertz CT molecular complexity index is 300. The molecule has 0 saturated carbocycles. The molecular weight excluding hydrogens is 232 g/mol. The number of rotatable bonds is 3. The fourth-order valence-electron chi connectivity index (χ4n) is 1.21. The molecule has 1 aromatic rings. The predicted molar refractivity (Wildman–Crippen MR) is 54.8 cm³/mol. The Balaban J connectivity index is 2.71. The van der Waals surface area contributed by atoms with Gasteiger partial charge in [-0.3, -0.25) is 4.79 Å². The van der Waals surface area contributed by atoms with Crippen molar-refractivity contribution in [1.29, 1.82) is 0 Å². The highest BCUT2D eigenvalue weighted by atomic mass is 79.9. The van der Waals surface area contributed by atoms with Gasteiger partial charge in [0, 0.05) is 10.9 Å². The Hall–Kier alpha value is -0.830. The van der Waals surface area contributed by atoms with Gasteiger partial charge in [-0.05, 0) is 36.6 Å². The molecule has 0 spiro atoms. The third-order valence-corrected chi connectivity index (χ3v) is 2.19. The molecule has 0 aliphatic carbocycles. The number of carboxylic acids is 1. The first-order valence-corrected chi connectivity index (χ1v) is 4.85. The zero-order valence-electron chi connectivity index (χ0n) is 7.38. The smallest absolute Gasteiger partial charge is 0.303 e. The van der Waals surface area contributed by atoms with E-state index in [1.54, 1.807) is 0 Å². The maximum absolute atomic E-state index is 10.3. The van der Waals surface area contributed by atoms with Crippen molar-refractivity contribution in [2.75, 3.05) is 0 Å². The first-order chi connectivity index (χ1) is 6.08. The van der Waals surface area contributed by atoms with E-state index in [1.807, 2.05) is 25.1 Å². The van der Waals surface area contributed by atoms with E-state index >= 15 is 0 Å². The fraction of sp³-hybridized carbons (Fsp3) is 0.300. The lowest BCUT2D eigenvalue weighted by Crippen LogP contribution is -1.97. The molecule has 0 unspecified atom stereocenters. The molecule has 0 aliphatic heterocycles. The summed E-state index contributed by atoms with van der Waals surface area (Å²) >= 11 is 3.37. The summed E-state index contributed by atoms with van der Waals surface area (Å²) < 4.78 is 1.01. The third-order valence-electron chi connectivity index (χ3n) is 1.73. The highest BCUT2D eigenvalue weighted by Crippen LogP contribution is 2.16. The van der Waals surface area contributed by atoms with E-state index in [-0.39, 0.29) is 6.42 Å². The summed E-state index contributed by atoms with van der Waals surface area (Å²) in [5.41, 5.74) is 2.21. The largest absolute Gasteiger partial charge is 0.481 e. The van der Waals surface area contributed by atoms with Crippen LogP contribution < -0.4 is 0 Å². The van der Waals surface area contributed by atoms with Gasteiger partial charge in [-0.1, -0.05) is 22.0 Å². The lowest BCUT2D eigenvalue weighted by Gasteiger charge is -2.01. The molecule has 1 N–H and O–H groups in total. The van der Waals surface area contributed by atoms with Crippen LogP contribution in [-0.4, -0.2) is 11.1 Å². The van der Waals surface area contributed by atoms with Crippen molar-refractivity contribution in [3.05, 3.63) is 33.8 Å². The average molecular weight is 243 g/mol. The first-order valence-electron chi connectivity index (χ1n) is 4.06. The van der Waals surface area contributed by atoms with Crippen molar-refractivity contribution in [3.8, 4) is 0 Å². The van der Waals surface area contributed by atoms with Crippen molar-refractivity contribution in [2.45, 2.75) is 19.8 Å². The number of hydrogen-bond acceptors (Lipinski definition) is 1. The summed E-state index contributed by atoms with van der Waals surface area (Å²) in [6.07, 6.45) is 0.783. The van der Waals surface area contributed by atoms with E-state index in [2.05, 4.69) is 15.9 Å². The monoisotopic (exact) mass is 242 g/mol. The number of aryl methyl sites for hydroxylation is 2. The molecule has 0 saturated heterocycles. The minimum absolute atomic E-state index is 0.190. The van der Waals surface area contributed by atoms with Crippen molar-refractivity contribution in [2.24, 2.45) is 0 Å². The second kappa shape index (κ2) is 4.42. The van der Waals surface area contributed by atoms with Gasteiger partial charge in [-0.15, -0.1) is 0 Å². The van der Waals surface area contributed by atoms with Crippen LogP contribution in [0.1, 0.15) is 17.5 Å². The molecule has 0 fully saturated rings. The molecule has 0 amide bonds. The van der Waals surface area contributed by atoms with E-state index in [0.29, 0.717) is 6.42 Å². The molecule has 1 rings (SSSR count). The Morgan fingerprint density at radius 2 is 2.15 bits per heavy atom. The van der Waals surface area contributed by atoms with E-state index in [4.69, 9.17) is 5.11 Å². The highest BCUT2D eigenvalue weighted by Gasteiger charge is 2.00. The number of benzene rings is 1. The van der Waals surface area contributed by atoms with Crippen molar-refractivity contribution in [3.63, 3.8) is 0 Å². The third kappa shape index (κ3) is 3.59. The second-order valence-electron chi connectivity index (χ2n) is 3.03. The summed E-state index contributed by atoms with van der Waals surface area (Å²) in [5, 5.41) is 8.50. The van der Waals surface area contributed by atoms with Gasteiger partial charge in [0.2, 0.25) is 0 Å². The van der Waals surface area contributed by atoms with Gasteiger partial charge < -0.3 is 5.11 Å². The molecule has 13 heavy (non-hydrogen) atoms. The molecule has 0 bridgehead atoms. The van der Waals surface area contributed by atoms with Gasteiger partial charge >= 0.3 is 5.97 Å². The maximum Gasteiger partial charge on any atom is 0.303 e. The summed E-state index contributed by atoms with van der Waals surface area (Å²) in [5.74, 6) is -0.752. The topological polar surface area (TPSA) is 37.3 Å². The van der Waals surface area contributed by atoms with Crippen molar-refractivity contribution in [1.82, 2.24) is 0 Å². The van der Waals surface area contributed by atoms with Gasteiger partial charge in [0.15, 0.2) is 0 Å². The zero-order valence-corrected chi connectivity index (χ0v) is 8.97. The molecule has 1 aromatic carbocycles. The first kappa shape index (κ1) is 10.3. The lowest BCUT2D eigenvalue weighted by atomic mass is 10.1. The lowest BCUT2D eigenvalue weighted by molar-refractivity contribution is -0.136. The van der Waals surface area contributed by atoms with E-state index in [1.165, 1.54) is 0 Å². The van der Waals surface area contributed by atoms with Crippen molar-refractivity contribution >= 4 is 21.9 Å². The normalized spacial score (nSPS) is 10.0. The molecule has 0 atom stereocenters. The summed E-state index contributed by atoms with van der Waals surface area (Å²) in [6, 6.07) is 5.97. The number of aliphatic carboxylic acids is 1. The fourth-order valence-corrected chi connectivity index (χ4v) is 1.86. The minimum Gasteiger partial charge on any atom is -0.481 e. The molecular formula is C10H11BrO2. The SMILES string of the molecule is Cc1cc(Br)cc(CCC(=O)O)c1. The standard InChI is InChI=1S/C10H11BrO2/c1-7-4-8(2-3-10(12)13)6-9(11)5-7/h4-6H,2-3H2,1H3,(H,12,13). The van der Waals surface area contributed by atoms with Crippen LogP contribution in [-0.2, 0) is 11.2 Å². The number of carbonyl (C=O) groups is 1. The van der Waals surface area contributed by atoms with Crippen LogP contribution in [0, 0.1) is 6.92 Å². The molecule has 0 aliphatic rings. The maximum atomic E-state index is 10.3. The van der Waals surface area contributed by atoms with E-state index in [0.717, 1.165) is 15.6 Å². The van der Waals surface area contributed by atoms with Crippen LogP contribution in [0.3, 0.4) is 0 Å². The van der Waals surface area contributed by atoms with Crippen LogP contribution in [0.5, 0.6) is 0 Å². The second-order valence-corrected chi connectivity index (χ2v) is 3.95. The van der Waals surface area contributed by atoms with Crippen LogP contribution in [0.15, 0.2) is 22.7 Å². The van der Waals surface area contributed by atoms with Gasteiger partial charge in [-0.2, -0.15) is 0 Å². The van der Waals surface area contributed by atoms with Gasteiger partial charge in [0.1, 0.15) is 0 Å². The predicted octanol–water partition coefficient (Wildman–Crippen LogP) is 2.77. The molecule has 0 aromatic heterocycles. The molecule has 2 nitrogen and oxygen atoms in total. The Labute approximate surface area is 85.7 Å². The molecule has 0 heterocycles. The van der Waals surface area contributed by atoms with Crippen LogP contribution in [0.25, 0.3) is 0 Å². The van der Waals surface area contributed by atoms with Crippen LogP contribution in [0.2, 0.25) is 0 Å². The van der Waals surface area contributed by atoms with Gasteiger partial charge in [0.25, 0.3) is 0 Å². The molecule has 0 radical (unpaired) electrons. The molecule has 3 heteroatoms. The summed E-state index contributed by atoms with van der Waals surface area (Å²) in [4.78, 5) is 10.3. The number of halogens is 1. The van der Waals surface area contributed by atoms with Crippen molar-refractivity contribution < 1.29 is 9.90 Å². The Kier molecular flexibility index (Phi) is 3.48. The Morgan fingerprint density at radius 3 is 2.69 bits per heavy atom. The quantitative estimate of drug-likeness (QED) is 0.886. The summed E-state index contributed by atoms with van der Waals surface area (Å²) in [7, 11) is 0. The van der Waals surface area contributed by atoms with Crippen LogP contribution in [0.4, 0.5) is 0 Å². The average Bonchev–Trinajstić information content (AvgIpc) is 1.99. The highest BCUT2D eigenvalue weighted by molar-refractivity contribution is 9.10.